The second-order valence-electron chi connectivity index (χ2n) is 22.5. The molecule has 2 aliphatic heterocycles. The summed E-state index contributed by atoms with van der Waals surface area (Å²) in [7, 11) is 6.71. The molecular formula is C60H66N8O4. The molecule has 0 spiro atoms. The highest BCUT2D eigenvalue weighted by molar-refractivity contribution is 6.02. The molecule has 5 heterocycles. The third-order valence-electron chi connectivity index (χ3n) is 13.1. The van der Waals surface area contributed by atoms with Crippen LogP contribution >= 0.6 is 0 Å². The molecule has 0 atom stereocenters. The Morgan fingerprint density at radius 1 is 0.306 bits per heavy atom. The van der Waals surface area contributed by atoms with E-state index < -0.39 is 21.7 Å². The van der Waals surface area contributed by atoms with E-state index in [0.29, 0.717) is 45.9 Å². The summed E-state index contributed by atoms with van der Waals surface area (Å²) in [4.78, 5) is 41.1. The summed E-state index contributed by atoms with van der Waals surface area (Å²) in [5.41, 5.74) is 11.7. The predicted octanol–water partition coefficient (Wildman–Crippen LogP) is 13.9. The van der Waals surface area contributed by atoms with Crippen molar-refractivity contribution in [3.05, 3.63) is 143 Å². The first-order valence-electron chi connectivity index (χ1n) is 24.4. The van der Waals surface area contributed by atoms with E-state index in [1.165, 1.54) is 0 Å². The maximum Gasteiger partial charge on any atom is 0.165 e. The number of H-pyrrole nitrogens is 2. The molecule has 370 valence electrons. The fourth-order valence-electron chi connectivity index (χ4n) is 9.92. The van der Waals surface area contributed by atoms with E-state index in [1.54, 1.807) is 28.4 Å². The molecule has 7 aromatic rings. The largest absolute Gasteiger partial charge is 0.497 e. The van der Waals surface area contributed by atoms with E-state index in [1.807, 2.05) is 48.5 Å². The fraction of sp³-hybridized carbons (Fsp3) is 0.333. The Labute approximate surface area is 423 Å². The Morgan fingerprint density at radius 3 is 0.819 bits per heavy atom. The molecule has 2 N–H and O–H groups in total. The van der Waals surface area contributed by atoms with Gasteiger partial charge in [0.1, 0.15) is 45.6 Å². The van der Waals surface area contributed by atoms with Gasteiger partial charge in [0.25, 0.3) is 0 Å². The molecule has 72 heavy (non-hydrogen) atoms. The summed E-state index contributed by atoms with van der Waals surface area (Å²) in [6, 6.07) is 32.4. The zero-order valence-corrected chi connectivity index (χ0v) is 44.6. The van der Waals surface area contributed by atoms with Crippen molar-refractivity contribution in [1.29, 1.82) is 0 Å². The van der Waals surface area contributed by atoms with Gasteiger partial charge in [-0.3, -0.25) is 0 Å². The topological polar surface area (TPSA) is 146 Å². The molecule has 0 amide bonds. The molecule has 2 aliphatic rings. The number of hydrogen-bond donors (Lipinski definition) is 2. The third kappa shape index (κ3) is 9.14. The molecule has 0 saturated carbocycles. The van der Waals surface area contributed by atoms with Gasteiger partial charge in [0.2, 0.25) is 0 Å². The Kier molecular flexibility index (Phi) is 12.5. The molecule has 12 nitrogen and oxygen atoms in total. The Bertz CT molecular complexity index is 3210. The lowest BCUT2D eigenvalue weighted by molar-refractivity contribution is 0.414. The van der Waals surface area contributed by atoms with Crippen molar-refractivity contribution in [2.75, 3.05) is 28.4 Å². The minimum atomic E-state index is -0.464. The minimum absolute atomic E-state index is 0.452. The van der Waals surface area contributed by atoms with Gasteiger partial charge in [-0.15, -0.1) is 0 Å². The highest BCUT2D eigenvalue weighted by Gasteiger charge is 2.37. The van der Waals surface area contributed by atoms with Crippen LogP contribution in [-0.2, 0) is 10.8 Å². The molecule has 0 radical (unpaired) electrons. The van der Waals surface area contributed by atoms with Crippen LogP contribution in [0.15, 0.2) is 97.1 Å². The average molecular weight is 963 g/mol. The number of aromatic amines is 2. The van der Waals surface area contributed by atoms with Gasteiger partial charge in [-0.2, -0.15) is 0 Å². The first-order chi connectivity index (χ1) is 34.0. The van der Waals surface area contributed by atoms with Gasteiger partial charge in [0.15, 0.2) is 23.3 Å². The number of aromatic nitrogens is 8. The highest BCUT2D eigenvalue weighted by Crippen LogP contribution is 2.48. The van der Waals surface area contributed by atoms with Gasteiger partial charge < -0.3 is 28.9 Å². The van der Waals surface area contributed by atoms with E-state index in [0.717, 1.165) is 89.8 Å². The number of ether oxygens (including phenoxy) is 4. The maximum atomic E-state index is 5.66. The standard InChI is InChI=1S/C60H66N8O4/c1-57(2,3)45-41(33-17-25-37(69-13)26-18-33)49-61-53(45)65-50-42(34-19-27-38(70-14)28-20-34)46(58(4,5)6)55(62-50)67-52-44(36-23-31-40(72-16)32-24-36)48(60(10,11)12)56(64-52)68-51-43(35-21-29-39(71-15)30-22-35)47(59(7,8)9)54(63-51)66-49/h17-32H,1-16H3,(H2,61,62,63,64,65,66,67,68). The number of benzene rings is 4. The number of methoxy groups -OCH3 is 4. The lowest BCUT2D eigenvalue weighted by atomic mass is 9.81. The van der Waals surface area contributed by atoms with Crippen molar-refractivity contribution in [2.24, 2.45) is 10.8 Å². The second kappa shape index (κ2) is 18.2. The lowest BCUT2D eigenvalue weighted by Gasteiger charge is -2.22. The van der Waals surface area contributed by atoms with Gasteiger partial charge in [0, 0.05) is 44.5 Å². The van der Waals surface area contributed by atoms with Gasteiger partial charge in [-0.1, -0.05) is 132 Å². The van der Waals surface area contributed by atoms with E-state index >= 15 is 0 Å². The van der Waals surface area contributed by atoms with Crippen molar-refractivity contribution >= 4 is 44.9 Å². The molecule has 8 bridgehead atoms. The van der Waals surface area contributed by atoms with Crippen LogP contribution < -0.4 is 18.9 Å². The summed E-state index contributed by atoms with van der Waals surface area (Å²) < 4.78 is 22.6. The summed E-state index contributed by atoms with van der Waals surface area (Å²) in [5.74, 6) is 5.08. The lowest BCUT2D eigenvalue weighted by Crippen LogP contribution is -2.13. The summed E-state index contributed by atoms with van der Waals surface area (Å²) >= 11 is 0. The van der Waals surface area contributed by atoms with Crippen LogP contribution in [0.3, 0.4) is 0 Å². The third-order valence-corrected chi connectivity index (χ3v) is 13.1. The predicted molar refractivity (Wildman–Crippen MR) is 290 cm³/mol. The quantitative estimate of drug-likeness (QED) is 0.151. The molecule has 0 fully saturated rings. The van der Waals surface area contributed by atoms with Crippen LogP contribution in [0, 0.1) is 10.8 Å². The zero-order valence-electron chi connectivity index (χ0n) is 44.6. The second-order valence-corrected chi connectivity index (χ2v) is 22.5. The molecular weight excluding hydrogens is 897 g/mol. The van der Waals surface area contributed by atoms with Crippen molar-refractivity contribution in [3.63, 3.8) is 0 Å². The number of nitrogens with zero attached hydrogens (tertiary/aromatic N) is 6. The maximum absolute atomic E-state index is 5.66. The molecule has 0 unspecified atom stereocenters. The van der Waals surface area contributed by atoms with E-state index in [4.69, 9.17) is 48.9 Å². The van der Waals surface area contributed by atoms with Gasteiger partial charge >= 0.3 is 0 Å². The highest BCUT2D eigenvalue weighted by atomic mass is 16.5. The van der Waals surface area contributed by atoms with E-state index in [-0.39, 0.29) is 0 Å². The molecule has 12 heteroatoms. The minimum Gasteiger partial charge on any atom is -0.497 e. The van der Waals surface area contributed by atoms with Crippen LogP contribution in [0.5, 0.6) is 23.0 Å². The van der Waals surface area contributed by atoms with Crippen LogP contribution in [0.4, 0.5) is 0 Å². The normalized spacial score (nSPS) is 13.4. The Morgan fingerprint density at radius 2 is 0.569 bits per heavy atom. The number of rotatable bonds is 8. The average Bonchev–Trinajstić information content (AvgIpc) is 4.09. The van der Waals surface area contributed by atoms with Gasteiger partial charge in [-0.05, 0) is 92.4 Å². The zero-order chi connectivity index (χ0) is 51.7. The molecule has 3 aromatic heterocycles. The Hall–Kier alpha value is -7.60. The van der Waals surface area contributed by atoms with E-state index in [9.17, 15) is 0 Å². The van der Waals surface area contributed by atoms with Crippen molar-refractivity contribution in [3.8, 4) is 45.3 Å². The van der Waals surface area contributed by atoms with Crippen LogP contribution in [-0.4, -0.2) is 68.3 Å². The first kappa shape index (κ1) is 49.4. The summed E-state index contributed by atoms with van der Waals surface area (Å²) in [6.45, 7) is 26.4. The number of fused-ring (bicyclic) bond motifs is 8. The summed E-state index contributed by atoms with van der Waals surface area (Å²) in [6.07, 6.45) is 0. The molecule has 9 rings (SSSR count). The van der Waals surface area contributed by atoms with Crippen molar-refractivity contribution in [1.82, 2.24) is 39.9 Å². The molecule has 0 aliphatic carbocycles. The summed E-state index contributed by atoms with van der Waals surface area (Å²) in [5, 5.41) is 0. The molecule has 0 saturated heterocycles. The van der Waals surface area contributed by atoms with Gasteiger partial charge in [0.05, 0.1) is 28.4 Å². The van der Waals surface area contributed by atoms with Crippen molar-refractivity contribution < 1.29 is 18.9 Å². The molecule has 4 aromatic carbocycles. The van der Waals surface area contributed by atoms with Crippen LogP contribution in [0.2, 0.25) is 0 Å². The van der Waals surface area contributed by atoms with Crippen molar-refractivity contribution in [2.45, 2.75) is 93.9 Å². The van der Waals surface area contributed by atoms with E-state index in [2.05, 4.69) is 142 Å². The fourth-order valence-corrected chi connectivity index (χ4v) is 9.92. The first-order valence-corrected chi connectivity index (χ1v) is 24.4. The number of nitrogens with one attached hydrogen (secondary N) is 2. The van der Waals surface area contributed by atoms with Gasteiger partial charge in [-0.25, -0.2) is 29.9 Å². The Balaban J connectivity index is 1.57. The smallest absolute Gasteiger partial charge is 0.165 e. The number of allylic oxidation sites excluding steroid dienone is 2. The van der Waals surface area contributed by atoms with Crippen LogP contribution in [0.25, 0.3) is 67.1 Å². The SMILES string of the molecule is COc1ccc(C2=C(C(C)(C)C)c3nc2nc2[nH]c(nc4nc(nc5[nH]c(n3)c(-c3ccc(OC)cc3)c5C(C)(C)C)C(c3ccc(OC)cc3)=C4C(C)(C)C)c(-c3ccc(OC)cc3)c2C(C)(C)C)cc1. The monoisotopic (exact) mass is 963 g/mol. The van der Waals surface area contributed by atoms with Crippen LogP contribution in [0.1, 0.15) is 129 Å². The number of hydrogen-bond acceptors (Lipinski definition) is 10.